The van der Waals surface area contributed by atoms with Crippen molar-refractivity contribution in [3.05, 3.63) is 36.0 Å². The van der Waals surface area contributed by atoms with Gasteiger partial charge < -0.3 is 0 Å². The van der Waals surface area contributed by atoms with E-state index in [9.17, 15) is 0 Å². The second kappa shape index (κ2) is 7.31. The Morgan fingerprint density at radius 1 is 1.43 bits per heavy atom. The summed E-state index contributed by atoms with van der Waals surface area (Å²) in [6.07, 6.45) is 8.10. The van der Waals surface area contributed by atoms with E-state index in [1.807, 2.05) is 20.1 Å². The second-order valence-electron chi connectivity index (χ2n) is 3.77. The van der Waals surface area contributed by atoms with E-state index in [2.05, 4.69) is 43.6 Å². The average molecular weight is 191 g/mol. The van der Waals surface area contributed by atoms with Gasteiger partial charge in [0.15, 0.2) is 0 Å². The molecule has 0 amide bonds. The first-order valence-electron chi connectivity index (χ1n) is 5.05. The van der Waals surface area contributed by atoms with E-state index in [0.29, 0.717) is 5.92 Å². The molecular weight excluding hydrogens is 170 g/mol. The molecule has 78 valence electrons. The van der Waals surface area contributed by atoms with Gasteiger partial charge in [0.25, 0.3) is 0 Å². The third-order valence-corrected chi connectivity index (χ3v) is 1.76. The van der Waals surface area contributed by atoms with Crippen LogP contribution in [0.1, 0.15) is 27.7 Å². The minimum Gasteiger partial charge on any atom is -0.289 e. The molecule has 0 aliphatic heterocycles. The van der Waals surface area contributed by atoms with Crippen LogP contribution in [0.15, 0.2) is 40.9 Å². The number of rotatable bonds is 5. The van der Waals surface area contributed by atoms with Gasteiger partial charge in [-0.05, 0) is 31.4 Å². The van der Waals surface area contributed by atoms with Gasteiger partial charge in [0, 0.05) is 6.21 Å². The molecular formula is C13H21N. The van der Waals surface area contributed by atoms with Gasteiger partial charge in [-0.15, -0.1) is 0 Å². The van der Waals surface area contributed by atoms with Gasteiger partial charge in [-0.25, -0.2) is 0 Å². The fourth-order valence-electron chi connectivity index (χ4n) is 0.980. The first-order valence-corrected chi connectivity index (χ1v) is 5.05. The summed E-state index contributed by atoms with van der Waals surface area (Å²) in [5.41, 5.74) is 2.39. The predicted molar refractivity (Wildman–Crippen MR) is 65.9 cm³/mol. The zero-order valence-electron chi connectivity index (χ0n) is 9.75. The Labute approximate surface area is 87.9 Å². The Bertz CT molecular complexity index is 254. The highest BCUT2D eigenvalue weighted by molar-refractivity contribution is 5.73. The molecule has 0 radical (unpaired) electrons. The lowest BCUT2D eigenvalue weighted by Crippen LogP contribution is -1.91. The van der Waals surface area contributed by atoms with Crippen molar-refractivity contribution in [2.75, 3.05) is 6.54 Å². The Balaban J connectivity index is 4.29. The number of hydrogen-bond acceptors (Lipinski definition) is 1. The van der Waals surface area contributed by atoms with Crippen molar-refractivity contribution in [3.63, 3.8) is 0 Å². The summed E-state index contributed by atoms with van der Waals surface area (Å²) in [6.45, 7) is 12.9. The predicted octanol–water partition coefficient (Wildman–Crippen LogP) is 3.79. The molecule has 0 aliphatic carbocycles. The van der Waals surface area contributed by atoms with Crippen LogP contribution in [0, 0.1) is 5.92 Å². The molecule has 0 atom stereocenters. The molecule has 0 aromatic rings. The van der Waals surface area contributed by atoms with E-state index >= 15 is 0 Å². The van der Waals surface area contributed by atoms with E-state index in [0.717, 1.165) is 12.1 Å². The largest absolute Gasteiger partial charge is 0.289 e. The smallest absolute Gasteiger partial charge is 0.0594 e. The van der Waals surface area contributed by atoms with Crippen LogP contribution >= 0.6 is 0 Å². The molecule has 14 heavy (non-hydrogen) atoms. The fraction of sp³-hybridized carbons (Fsp3) is 0.462. The van der Waals surface area contributed by atoms with Crippen LogP contribution in [0.5, 0.6) is 0 Å². The highest BCUT2D eigenvalue weighted by Gasteiger charge is 1.95. The summed E-state index contributed by atoms with van der Waals surface area (Å²) in [7, 11) is 0. The maximum atomic E-state index is 4.24. The lowest BCUT2D eigenvalue weighted by Gasteiger charge is -2.03. The van der Waals surface area contributed by atoms with Gasteiger partial charge >= 0.3 is 0 Å². The monoisotopic (exact) mass is 191 g/mol. The van der Waals surface area contributed by atoms with Crippen molar-refractivity contribution in [2.24, 2.45) is 10.9 Å². The molecule has 1 heteroatoms. The first kappa shape index (κ1) is 12.9. The van der Waals surface area contributed by atoms with Gasteiger partial charge in [-0.3, -0.25) is 4.99 Å². The zero-order valence-corrected chi connectivity index (χ0v) is 9.75. The average Bonchev–Trinajstić information content (AvgIpc) is 2.09. The number of hydrogen-bond donors (Lipinski definition) is 0. The molecule has 0 aromatic heterocycles. The number of nitrogens with zero attached hydrogens (tertiary/aromatic N) is 1. The summed E-state index contributed by atoms with van der Waals surface area (Å²) in [5, 5.41) is 0. The molecule has 0 fully saturated rings. The summed E-state index contributed by atoms with van der Waals surface area (Å²) >= 11 is 0. The quantitative estimate of drug-likeness (QED) is 0.356. The van der Waals surface area contributed by atoms with Crippen molar-refractivity contribution in [1.82, 2.24) is 0 Å². The molecule has 0 heterocycles. The second-order valence-corrected chi connectivity index (χ2v) is 3.77. The number of aliphatic imine (C=N–C) groups is 1. The van der Waals surface area contributed by atoms with Crippen LogP contribution in [0.25, 0.3) is 0 Å². The Morgan fingerprint density at radius 3 is 2.50 bits per heavy atom. The van der Waals surface area contributed by atoms with Gasteiger partial charge in [0.1, 0.15) is 0 Å². The van der Waals surface area contributed by atoms with Crippen molar-refractivity contribution in [3.8, 4) is 0 Å². The summed E-state index contributed by atoms with van der Waals surface area (Å²) < 4.78 is 0. The maximum absolute atomic E-state index is 4.24. The van der Waals surface area contributed by atoms with E-state index in [1.165, 1.54) is 5.57 Å². The molecule has 0 aliphatic rings. The SMILES string of the molecule is C=C(C)CN=C/C=C(\C=C\C)C(C)C. The molecule has 0 saturated heterocycles. The first-order chi connectivity index (χ1) is 6.57. The topological polar surface area (TPSA) is 12.4 Å². The Hall–Kier alpha value is -1.11. The normalized spacial score (nSPS) is 13.4. The standard InChI is InChI=1S/C13H21N/c1-6-7-13(12(4)5)8-9-14-10-11(2)3/h6-9,12H,2,10H2,1,3-5H3/b7-6+,13-8+,14-9?. The van der Waals surface area contributed by atoms with Gasteiger partial charge in [-0.2, -0.15) is 0 Å². The third kappa shape index (κ3) is 6.41. The molecule has 0 unspecified atom stereocenters. The summed E-state index contributed by atoms with van der Waals surface area (Å²) in [5.74, 6) is 0.544. The van der Waals surface area contributed by atoms with E-state index in [1.54, 1.807) is 0 Å². The highest BCUT2D eigenvalue weighted by Crippen LogP contribution is 2.09. The Kier molecular flexibility index (Phi) is 6.73. The van der Waals surface area contributed by atoms with E-state index in [-0.39, 0.29) is 0 Å². The molecule has 0 bridgehead atoms. The lowest BCUT2D eigenvalue weighted by atomic mass is 10.0. The Morgan fingerprint density at radius 2 is 2.07 bits per heavy atom. The minimum atomic E-state index is 0.544. The van der Waals surface area contributed by atoms with Gasteiger partial charge in [0.05, 0.1) is 6.54 Å². The van der Waals surface area contributed by atoms with Crippen LogP contribution in [0.3, 0.4) is 0 Å². The van der Waals surface area contributed by atoms with Crippen molar-refractivity contribution in [1.29, 1.82) is 0 Å². The minimum absolute atomic E-state index is 0.544. The highest BCUT2D eigenvalue weighted by atomic mass is 14.7. The molecule has 0 N–H and O–H groups in total. The molecule has 1 nitrogen and oxygen atoms in total. The van der Waals surface area contributed by atoms with Crippen molar-refractivity contribution >= 4 is 6.21 Å². The number of allylic oxidation sites excluding steroid dienone is 4. The van der Waals surface area contributed by atoms with Crippen LogP contribution in [0.2, 0.25) is 0 Å². The fourth-order valence-corrected chi connectivity index (χ4v) is 0.980. The maximum Gasteiger partial charge on any atom is 0.0594 e. The van der Waals surface area contributed by atoms with Crippen LogP contribution < -0.4 is 0 Å². The van der Waals surface area contributed by atoms with E-state index in [4.69, 9.17) is 0 Å². The van der Waals surface area contributed by atoms with Crippen molar-refractivity contribution in [2.45, 2.75) is 27.7 Å². The molecule has 0 rings (SSSR count). The molecule has 0 aromatic carbocycles. The van der Waals surface area contributed by atoms with E-state index < -0.39 is 0 Å². The van der Waals surface area contributed by atoms with Crippen LogP contribution in [0.4, 0.5) is 0 Å². The summed E-state index contributed by atoms with van der Waals surface area (Å²) in [4.78, 5) is 4.24. The van der Waals surface area contributed by atoms with Crippen LogP contribution in [-0.4, -0.2) is 12.8 Å². The van der Waals surface area contributed by atoms with Gasteiger partial charge in [-0.1, -0.05) is 38.2 Å². The zero-order chi connectivity index (χ0) is 11.0. The molecule has 0 saturated carbocycles. The lowest BCUT2D eigenvalue weighted by molar-refractivity contribution is 0.793. The third-order valence-electron chi connectivity index (χ3n) is 1.76. The van der Waals surface area contributed by atoms with Gasteiger partial charge in [0.2, 0.25) is 0 Å². The van der Waals surface area contributed by atoms with Crippen molar-refractivity contribution < 1.29 is 0 Å². The molecule has 0 spiro atoms. The summed E-state index contributed by atoms with van der Waals surface area (Å²) in [6, 6.07) is 0. The van der Waals surface area contributed by atoms with Crippen LogP contribution in [-0.2, 0) is 0 Å².